The number of hydrogen-bond donors (Lipinski definition) is 0. The van der Waals surface area contributed by atoms with Gasteiger partial charge in [-0.15, -0.1) is 0 Å². The standard InChI is InChI=1S/C50H35N3O/c1-32-29-44(46-43-18-10-17-42(47(43)54-45(46)30-32)38-24-19-36(20-25-38)33-11-4-2-5-12-33)50-52-48(39-26-21-37(22-27-39)34-13-6-3-7-14-34)51-49(53-50)41-28-23-35-15-8-9-16-40(35)31-41/h2-29,31-32H,30H2,1H3. The van der Waals surface area contributed by atoms with Gasteiger partial charge in [0.15, 0.2) is 17.5 Å². The van der Waals surface area contributed by atoms with Gasteiger partial charge in [0.1, 0.15) is 11.3 Å². The molecule has 2 heterocycles. The topological polar surface area (TPSA) is 51.8 Å². The summed E-state index contributed by atoms with van der Waals surface area (Å²) in [6.45, 7) is 2.23. The van der Waals surface area contributed by atoms with Crippen molar-refractivity contribution in [2.45, 2.75) is 13.3 Å². The van der Waals surface area contributed by atoms with Crippen LogP contribution in [0.4, 0.5) is 0 Å². The molecule has 0 aliphatic heterocycles. The molecule has 0 N–H and O–H groups in total. The summed E-state index contributed by atoms with van der Waals surface area (Å²) in [6, 6.07) is 59.4. The molecule has 0 radical (unpaired) electrons. The number of benzene rings is 7. The first-order chi connectivity index (χ1) is 26.6. The van der Waals surface area contributed by atoms with E-state index in [0.29, 0.717) is 17.5 Å². The third kappa shape index (κ3) is 5.79. The van der Waals surface area contributed by atoms with Gasteiger partial charge in [-0.1, -0.05) is 177 Å². The first-order valence-corrected chi connectivity index (χ1v) is 18.5. The molecular weight excluding hydrogens is 659 g/mol. The number of furan rings is 1. The Morgan fingerprint density at radius 1 is 0.463 bits per heavy atom. The van der Waals surface area contributed by atoms with Gasteiger partial charge in [-0.2, -0.15) is 0 Å². The second-order valence-electron chi connectivity index (χ2n) is 14.1. The van der Waals surface area contributed by atoms with Crippen LogP contribution < -0.4 is 0 Å². The third-order valence-corrected chi connectivity index (χ3v) is 10.5. The highest BCUT2D eigenvalue weighted by Crippen LogP contribution is 2.43. The Morgan fingerprint density at radius 3 is 1.69 bits per heavy atom. The van der Waals surface area contributed by atoms with Gasteiger partial charge < -0.3 is 4.42 Å². The predicted octanol–water partition coefficient (Wildman–Crippen LogP) is 12.7. The molecule has 2 aromatic heterocycles. The summed E-state index contributed by atoms with van der Waals surface area (Å²) in [6.07, 6.45) is 3.11. The number of rotatable bonds is 6. The lowest BCUT2D eigenvalue weighted by Gasteiger charge is -2.18. The number of aromatic nitrogens is 3. The molecule has 0 saturated carbocycles. The molecule has 4 nitrogen and oxygen atoms in total. The molecule has 0 bridgehead atoms. The molecular formula is C50H35N3O. The minimum absolute atomic E-state index is 0.233. The average Bonchev–Trinajstić information content (AvgIpc) is 3.62. The van der Waals surface area contributed by atoms with Crippen LogP contribution in [0.25, 0.3) is 83.5 Å². The number of para-hydroxylation sites is 1. The smallest absolute Gasteiger partial charge is 0.164 e. The van der Waals surface area contributed by atoms with Crippen molar-refractivity contribution in [1.29, 1.82) is 0 Å². The molecule has 7 aromatic carbocycles. The summed E-state index contributed by atoms with van der Waals surface area (Å²) in [7, 11) is 0. The number of allylic oxidation sites excluding steroid dienone is 1. The molecule has 1 atom stereocenters. The van der Waals surface area contributed by atoms with Crippen LogP contribution in [0.3, 0.4) is 0 Å². The van der Waals surface area contributed by atoms with Crippen LogP contribution in [0.5, 0.6) is 0 Å². The molecule has 10 rings (SSSR count). The van der Waals surface area contributed by atoms with E-state index in [1.54, 1.807) is 0 Å². The Hall–Kier alpha value is -6.91. The summed E-state index contributed by atoms with van der Waals surface area (Å²) >= 11 is 0. The summed E-state index contributed by atoms with van der Waals surface area (Å²) in [5.41, 5.74) is 11.7. The van der Waals surface area contributed by atoms with Crippen LogP contribution >= 0.6 is 0 Å². The van der Waals surface area contributed by atoms with E-state index in [1.807, 2.05) is 12.1 Å². The fourth-order valence-corrected chi connectivity index (χ4v) is 7.74. The highest BCUT2D eigenvalue weighted by Gasteiger charge is 2.28. The normalized spacial score (nSPS) is 13.9. The Bertz CT molecular complexity index is 2840. The van der Waals surface area contributed by atoms with Gasteiger partial charge in [0.05, 0.1) is 0 Å². The minimum Gasteiger partial charge on any atom is -0.460 e. The molecule has 0 saturated heterocycles. The van der Waals surface area contributed by atoms with Gasteiger partial charge in [0, 0.05) is 39.6 Å². The Kier molecular flexibility index (Phi) is 7.80. The maximum Gasteiger partial charge on any atom is 0.164 e. The Labute approximate surface area is 314 Å². The first kappa shape index (κ1) is 31.8. The lowest BCUT2D eigenvalue weighted by Crippen LogP contribution is -2.10. The zero-order valence-electron chi connectivity index (χ0n) is 29.8. The Balaban J connectivity index is 1.11. The molecule has 4 heteroatoms. The van der Waals surface area contributed by atoms with E-state index in [0.717, 1.165) is 67.5 Å². The summed E-state index contributed by atoms with van der Waals surface area (Å²) in [5.74, 6) is 3.11. The zero-order chi connectivity index (χ0) is 36.0. The van der Waals surface area contributed by atoms with Crippen molar-refractivity contribution in [2.24, 2.45) is 5.92 Å². The maximum absolute atomic E-state index is 6.83. The van der Waals surface area contributed by atoms with Gasteiger partial charge >= 0.3 is 0 Å². The van der Waals surface area contributed by atoms with E-state index >= 15 is 0 Å². The highest BCUT2D eigenvalue weighted by atomic mass is 16.3. The molecule has 0 fully saturated rings. The van der Waals surface area contributed by atoms with Gasteiger partial charge in [-0.3, -0.25) is 0 Å². The first-order valence-electron chi connectivity index (χ1n) is 18.5. The predicted molar refractivity (Wildman–Crippen MR) is 221 cm³/mol. The van der Waals surface area contributed by atoms with Crippen molar-refractivity contribution >= 4 is 27.3 Å². The quantitative estimate of drug-likeness (QED) is 0.174. The molecule has 54 heavy (non-hydrogen) atoms. The van der Waals surface area contributed by atoms with E-state index in [2.05, 4.69) is 171 Å². The summed E-state index contributed by atoms with van der Waals surface area (Å²) < 4.78 is 6.83. The van der Waals surface area contributed by atoms with E-state index in [9.17, 15) is 0 Å². The Morgan fingerprint density at radius 2 is 1.00 bits per heavy atom. The van der Waals surface area contributed by atoms with E-state index in [-0.39, 0.29) is 5.92 Å². The SMILES string of the molecule is CC1C=C(c2nc(-c3ccc(-c4ccccc4)cc3)nc(-c3ccc4ccccc4c3)n2)c2c(oc3c(-c4ccc(-c5ccccc5)cc4)cccc23)C1. The van der Waals surface area contributed by atoms with E-state index in [1.165, 1.54) is 22.1 Å². The molecule has 0 amide bonds. The van der Waals surface area contributed by atoms with Crippen LogP contribution in [0.15, 0.2) is 180 Å². The molecule has 0 spiro atoms. The summed E-state index contributed by atoms with van der Waals surface area (Å²) in [4.78, 5) is 15.6. The minimum atomic E-state index is 0.233. The van der Waals surface area contributed by atoms with Gasteiger partial charge in [0.2, 0.25) is 0 Å². The number of hydrogen-bond acceptors (Lipinski definition) is 4. The van der Waals surface area contributed by atoms with Crippen LogP contribution in [-0.2, 0) is 6.42 Å². The molecule has 256 valence electrons. The zero-order valence-corrected chi connectivity index (χ0v) is 29.8. The van der Waals surface area contributed by atoms with Crippen molar-refractivity contribution in [2.75, 3.05) is 0 Å². The largest absolute Gasteiger partial charge is 0.460 e. The van der Waals surface area contributed by atoms with Crippen molar-refractivity contribution in [1.82, 2.24) is 15.0 Å². The lowest BCUT2D eigenvalue weighted by molar-refractivity contribution is 0.512. The molecule has 1 aliphatic rings. The fourth-order valence-electron chi connectivity index (χ4n) is 7.74. The van der Waals surface area contributed by atoms with Crippen molar-refractivity contribution < 1.29 is 4.42 Å². The van der Waals surface area contributed by atoms with Gasteiger partial charge in [0.25, 0.3) is 0 Å². The van der Waals surface area contributed by atoms with Crippen LogP contribution in [0, 0.1) is 5.92 Å². The second-order valence-corrected chi connectivity index (χ2v) is 14.1. The summed E-state index contributed by atoms with van der Waals surface area (Å²) in [5, 5.41) is 3.38. The monoisotopic (exact) mass is 693 g/mol. The van der Waals surface area contributed by atoms with E-state index < -0.39 is 0 Å². The third-order valence-electron chi connectivity index (χ3n) is 10.5. The second kappa shape index (κ2) is 13.3. The van der Waals surface area contributed by atoms with Crippen molar-refractivity contribution in [3.8, 4) is 56.2 Å². The fraction of sp³-hybridized carbons (Fsp3) is 0.0600. The lowest BCUT2D eigenvalue weighted by atomic mass is 9.87. The van der Waals surface area contributed by atoms with Crippen molar-refractivity contribution in [3.05, 3.63) is 193 Å². The van der Waals surface area contributed by atoms with Gasteiger partial charge in [-0.25, -0.2) is 15.0 Å². The van der Waals surface area contributed by atoms with Crippen LogP contribution in [-0.4, -0.2) is 15.0 Å². The van der Waals surface area contributed by atoms with Gasteiger partial charge in [-0.05, 0) is 50.6 Å². The number of nitrogens with zero attached hydrogens (tertiary/aromatic N) is 3. The highest BCUT2D eigenvalue weighted by molar-refractivity contribution is 6.03. The maximum atomic E-state index is 6.83. The van der Waals surface area contributed by atoms with Crippen molar-refractivity contribution in [3.63, 3.8) is 0 Å². The van der Waals surface area contributed by atoms with Crippen LogP contribution in [0.2, 0.25) is 0 Å². The average molecular weight is 694 g/mol. The molecule has 1 unspecified atom stereocenters. The molecule has 9 aromatic rings. The van der Waals surface area contributed by atoms with Crippen LogP contribution in [0.1, 0.15) is 24.1 Å². The number of fused-ring (bicyclic) bond motifs is 4. The molecule has 1 aliphatic carbocycles. The van der Waals surface area contributed by atoms with E-state index in [4.69, 9.17) is 19.4 Å².